The first kappa shape index (κ1) is 20.6. The van der Waals surface area contributed by atoms with Gasteiger partial charge in [0, 0.05) is 33.6 Å². The van der Waals surface area contributed by atoms with Gasteiger partial charge >= 0.3 is 0 Å². The molecule has 0 saturated carbocycles. The molecule has 5 aromatic carbocycles. The second-order valence-electron chi connectivity index (χ2n) is 9.89. The lowest BCUT2D eigenvalue weighted by Gasteiger charge is -2.21. The van der Waals surface area contributed by atoms with E-state index in [2.05, 4.69) is 88.1 Å². The summed E-state index contributed by atoms with van der Waals surface area (Å²) >= 11 is 0. The summed E-state index contributed by atoms with van der Waals surface area (Å²) in [6.45, 7) is 0. The normalized spacial score (nSPS) is 12.3. The third-order valence-corrected chi connectivity index (χ3v) is 7.77. The van der Waals surface area contributed by atoms with E-state index in [1.807, 2.05) is 42.5 Å². The summed E-state index contributed by atoms with van der Waals surface area (Å²) in [6.07, 6.45) is 2.15. The van der Waals surface area contributed by atoms with Crippen LogP contribution in [0.15, 0.2) is 121 Å². The second kappa shape index (κ2) is 7.55. The van der Waals surface area contributed by atoms with Crippen LogP contribution in [0.3, 0.4) is 0 Å². The predicted molar refractivity (Wildman–Crippen MR) is 156 cm³/mol. The highest BCUT2D eigenvalue weighted by molar-refractivity contribution is 6.18. The molecule has 0 amide bonds. The number of hydrogen-bond donors (Lipinski definition) is 0. The fourth-order valence-electron chi connectivity index (χ4n) is 6.09. The van der Waals surface area contributed by atoms with Crippen LogP contribution in [0.4, 0.5) is 0 Å². The lowest BCUT2D eigenvalue weighted by Crippen LogP contribution is -2.06. The number of hydrogen-bond acceptors (Lipinski definition) is 3. The number of fused-ring (bicyclic) bond motifs is 7. The van der Waals surface area contributed by atoms with Crippen LogP contribution in [0.5, 0.6) is 11.5 Å². The molecule has 4 heterocycles. The zero-order valence-electron chi connectivity index (χ0n) is 20.7. The molecule has 0 unspecified atom stereocenters. The Morgan fingerprint density at radius 3 is 2.33 bits per heavy atom. The van der Waals surface area contributed by atoms with Gasteiger partial charge in [-0.15, -0.1) is 0 Å². The van der Waals surface area contributed by atoms with Crippen LogP contribution in [-0.4, -0.2) is 19.1 Å². The van der Waals surface area contributed by atoms with Crippen molar-refractivity contribution in [3.05, 3.63) is 121 Å². The fourth-order valence-corrected chi connectivity index (χ4v) is 6.09. The summed E-state index contributed by atoms with van der Waals surface area (Å²) < 4.78 is 10.7. The summed E-state index contributed by atoms with van der Waals surface area (Å²) in [5.41, 5.74) is 7.19. The van der Waals surface area contributed by atoms with E-state index >= 15 is 0 Å². The monoisotopic (exact) mass is 500 g/mol. The van der Waals surface area contributed by atoms with E-state index in [1.54, 1.807) is 0 Å². The van der Waals surface area contributed by atoms with Crippen molar-refractivity contribution in [1.29, 1.82) is 0 Å². The molecule has 0 spiro atoms. The van der Waals surface area contributed by atoms with E-state index in [0.29, 0.717) is 5.95 Å². The summed E-state index contributed by atoms with van der Waals surface area (Å²) in [5.74, 6) is 2.25. The Balaban J connectivity index is 1.42. The van der Waals surface area contributed by atoms with Crippen molar-refractivity contribution in [3.8, 4) is 34.4 Å². The van der Waals surface area contributed by atoms with Crippen LogP contribution in [-0.2, 0) is 0 Å². The van der Waals surface area contributed by atoms with Gasteiger partial charge in [0.2, 0.25) is 5.95 Å². The predicted octanol–water partition coefficient (Wildman–Crippen LogP) is 8.44. The number of aromatic nitrogens is 4. The van der Waals surface area contributed by atoms with Gasteiger partial charge in [-0.1, -0.05) is 60.7 Å². The molecular weight excluding hydrogens is 480 g/mol. The lowest BCUT2D eigenvalue weighted by molar-refractivity contribution is 0.486. The highest BCUT2D eigenvalue weighted by Gasteiger charge is 2.25. The Labute approximate surface area is 223 Å². The molecule has 0 atom stereocenters. The first-order valence-electron chi connectivity index (χ1n) is 13.0. The highest BCUT2D eigenvalue weighted by atomic mass is 16.5. The summed E-state index contributed by atoms with van der Waals surface area (Å²) in [7, 11) is 0. The van der Waals surface area contributed by atoms with E-state index < -0.39 is 0 Å². The molecule has 3 aromatic heterocycles. The zero-order valence-corrected chi connectivity index (χ0v) is 20.7. The van der Waals surface area contributed by atoms with Crippen molar-refractivity contribution in [2.24, 2.45) is 0 Å². The molecule has 8 aromatic rings. The van der Waals surface area contributed by atoms with Gasteiger partial charge in [0.25, 0.3) is 0 Å². The van der Waals surface area contributed by atoms with Crippen molar-refractivity contribution in [2.45, 2.75) is 0 Å². The first-order chi connectivity index (χ1) is 19.3. The maximum absolute atomic E-state index is 6.23. The van der Waals surface area contributed by atoms with Crippen LogP contribution in [0.2, 0.25) is 0 Å². The fraction of sp³-hybridized carbons (Fsp3) is 0. The number of para-hydroxylation sites is 3. The number of nitrogens with zero attached hydrogens (tertiary/aromatic N) is 4. The van der Waals surface area contributed by atoms with Crippen LogP contribution in [0.1, 0.15) is 0 Å². The molecule has 9 rings (SSSR count). The molecule has 0 radical (unpaired) electrons. The molecule has 0 fully saturated rings. The number of rotatable bonds is 2. The summed E-state index contributed by atoms with van der Waals surface area (Å²) in [4.78, 5) is 10.4. The van der Waals surface area contributed by atoms with E-state index in [9.17, 15) is 0 Å². The molecule has 1 aliphatic heterocycles. The summed E-state index contributed by atoms with van der Waals surface area (Å²) in [5, 5.41) is 4.46. The van der Waals surface area contributed by atoms with Crippen molar-refractivity contribution >= 4 is 43.6 Å². The maximum Gasteiger partial charge on any atom is 0.235 e. The lowest BCUT2D eigenvalue weighted by atomic mass is 10.0. The first-order valence-corrected chi connectivity index (χ1v) is 13.0. The van der Waals surface area contributed by atoms with Crippen LogP contribution in [0.25, 0.3) is 66.5 Å². The van der Waals surface area contributed by atoms with E-state index in [4.69, 9.17) is 14.7 Å². The Morgan fingerprint density at radius 2 is 1.38 bits per heavy atom. The zero-order chi connectivity index (χ0) is 25.5. The molecule has 5 nitrogen and oxygen atoms in total. The Morgan fingerprint density at radius 1 is 0.564 bits per heavy atom. The van der Waals surface area contributed by atoms with Gasteiger partial charge in [0.05, 0.1) is 33.1 Å². The van der Waals surface area contributed by atoms with E-state index in [1.165, 1.54) is 10.8 Å². The van der Waals surface area contributed by atoms with Gasteiger partial charge in [-0.3, -0.25) is 4.57 Å². The number of benzene rings is 5. The van der Waals surface area contributed by atoms with Gasteiger partial charge in [0.15, 0.2) is 0 Å². The minimum Gasteiger partial charge on any atom is -0.456 e. The van der Waals surface area contributed by atoms with E-state index in [0.717, 1.165) is 61.3 Å². The molecule has 1 aliphatic rings. The topological polar surface area (TPSA) is 44.9 Å². The third kappa shape index (κ3) is 2.79. The SMILES string of the molecule is c1ccc(-n2ccc3c2ccc2c4ccccc4n(-c4nc5c6c(cccc6n4)Oc4ccccc4-5)c23)cc1. The molecule has 0 aliphatic carbocycles. The van der Waals surface area contributed by atoms with Gasteiger partial charge in [-0.2, -0.15) is 0 Å². The van der Waals surface area contributed by atoms with Crippen LogP contribution < -0.4 is 4.74 Å². The van der Waals surface area contributed by atoms with E-state index in [-0.39, 0.29) is 0 Å². The van der Waals surface area contributed by atoms with Gasteiger partial charge < -0.3 is 9.30 Å². The molecular formula is C34H20N4O. The standard InChI is InChI=1S/C34H20N4O/c1-2-9-21(10-3-1)37-20-19-24-27(37)18-17-23-22-11-4-6-14-28(22)38(33(23)24)34-35-26-13-8-16-30-31(26)32(36-34)25-12-5-7-15-29(25)39-30/h1-20H. The third-order valence-electron chi connectivity index (χ3n) is 7.77. The molecule has 0 bridgehead atoms. The van der Waals surface area contributed by atoms with Crippen LogP contribution in [0, 0.1) is 0 Å². The maximum atomic E-state index is 6.23. The van der Waals surface area contributed by atoms with Gasteiger partial charge in [-0.05, 0) is 54.6 Å². The molecule has 5 heteroatoms. The average molecular weight is 501 g/mol. The largest absolute Gasteiger partial charge is 0.456 e. The van der Waals surface area contributed by atoms with Gasteiger partial charge in [0.1, 0.15) is 11.5 Å². The quantitative estimate of drug-likeness (QED) is 0.239. The Kier molecular flexibility index (Phi) is 3.99. The Bertz CT molecular complexity index is 2260. The van der Waals surface area contributed by atoms with Crippen molar-refractivity contribution in [3.63, 3.8) is 0 Å². The smallest absolute Gasteiger partial charge is 0.235 e. The Hall–Kier alpha value is -5.42. The second-order valence-corrected chi connectivity index (χ2v) is 9.89. The molecule has 182 valence electrons. The number of ether oxygens (including phenoxy) is 1. The molecule has 39 heavy (non-hydrogen) atoms. The van der Waals surface area contributed by atoms with Crippen molar-refractivity contribution in [1.82, 2.24) is 19.1 Å². The van der Waals surface area contributed by atoms with Crippen LogP contribution >= 0.6 is 0 Å². The van der Waals surface area contributed by atoms with Crippen molar-refractivity contribution < 1.29 is 4.74 Å². The van der Waals surface area contributed by atoms with Crippen molar-refractivity contribution in [2.75, 3.05) is 0 Å². The highest BCUT2D eigenvalue weighted by Crippen LogP contribution is 2.45. The van der Waals surface area contributed by atoms with Gasteiger partial charge in [-0.25, -0.2) is 9.97 Å². The average Bonchev–Trinajstić information content (AvgIpc) is 3.57. The molecule has 0 N–H and O–H groups in total. The minimum atomic E-state index is 0.650. The summed E-state index contributed by atoms with van der Waals surface area (Å²) in [6, 6.07) is 39.7. The molecule has 0 saturated heterocycles. The minimum absolute atomic E-state index is 0.650.